The van der Waals surface area contributed by atoms with E-state index in [1.807, 2.05) is 32.0 Å². The summed E-state index contributed by atoms with van der Waals surface area (Å²) in [6.45, 7) is 3.91. The molecule has 0 radical (unpaired) electrons. The van der Waals surface area contributed by atoms with Crippen molar-refractivity contribution < 1.29 is 9.90 Å². The van der Waals surface area contributed by atoms with Crippen LogP contribution in [0, 0.1) is 13.8 Å². The Labute approximate surface area is 167 Å². The van der Waals surface area contributed by atoms with Crippen LogP contribution in [0.25, 0.3) is 16.7 Å². The highest BCUT2D eigenvalue weighted by Crippen LogP contribution is 2.27. The summed E-state index contributed by atoms with van der Waals surface area (Å²) in [5, 5.41) is 13.8. The summed E-state index contributed by atoms with van der Waals surface area (Å²) >= 11 is 0. The van der Waals surface area contributed by atoms with Crippen LogP contribution in [-0.2, 0) is 0 Å². The molecule has 0 saturated heterocycles. The molecule has 0 atom stereocenters. The van der Waals surface area contributed by atoms with E-state index in [-0.39, 0.29) is 17.0 Å². The lowest BCUT2D eigenvalue weighted by Crippen LogP contribution is -2.29. The molecule has 6 nitrogen and oxygen atoms in total. The Balaban J connectivity index is 1.91. The quantitative estimate of drug-likeness (QED) is 0.559. The highest BCUT2D eigenvalue weighted by Gasteiger charge is 2.23. The molecule has 2 N–H and O–H groups in total. The smallest absolute Gasteiger partial charge is 0.273 e. The van der Waals surface area contributed by atoms with Gasteiger partial charge >= 0.3 is 0 Å². The third-order valence-corrected chi connectivity index (χ3v) is 4.91. The van der Waals surface area contributed by atoms with Gasteiger partial charge in [-0.15, -0.1) is 0 Å². The van der Waals surface area contributed by atoms with E-state index >= 15 is 0 Å². The monoisotopic (exact) mass is 385 g/mol. The van der Waals surface area contributed by atoms with E-state index in [4.69, 9.17) is 0 Å². The average molecular weight is 385 g/mol. The Bertz CT molecular complexity index is 1290. The zero-order valence-corrected chi connectivity index (χ0v) is 16.0. The second-order valence-corrected chi connectivity index (χ2v) is 6.83. The van der Waals surface area contributed by atoms with Crippen molar-refractivity contribution in [2.75, 3.05) is 5.32 Å². The van der Waals surface area contributed by atoms with Gasteiger partial charge in [0.1, 0.15) is 11.3 Å². The lowest BCUT2D eigenvalue weighted by atomic mass is 10.1. The van der Waals surface area contributed by atoms with E-state index in [9.17, 15) is 14.7 Å². The van der Waals surface area contributed by atoms with Crippen LogP contribution >= 0.6 is 0 Å². The molecule has 0 aliphatic carbocycles. The molecule has 4 rings (SSSR count). The maximum Gasteiger partial charge on any atom is 0.273 e. The van der Waals surface area contributed by atoms with E-state index in [2.05, 4.69) is 10.3 Å². The van der Waals surface area contributed by atoms with E-state index in [1.165, 1.54) is 10.8 Å². The predicted molar refractivity (Wildman–Crippen MR) is 113 cm³/mol. The van der Waals surface area contributed by atoms with Crippen LogP contribution in [0.3, 0.4) is 0 Å². The highest BCUT2D eigenvalue weighted by atomic mass is 16.3. The van der Waals surface area contributed by atoms with E-state index in [0.29, 0.717) is 16.8 Å². The summed E-state index contributed by atoms with van der Waals surface area (Å²) in [4.78, 5) is 30.5. The fourth-order valence-electron chi connectivity index (χ4n) is 3.24. The molecule has 1 amide bonds. The third kappa shape index (κ3) is 3.25. The fourth-order valence-corrected chi connectivity index (χ4v) is 3.24. The van der Waals surface area contributed by atoms with Gasteiger partial charge in [-0.3, -0.25) is 14.2 Å². The zero-order valence-electron chi connectivity index (χ0n) is 16.0. The number of anilines is 1. The van der Waals surface area contributed by atoms with Crippen molar-refractivity contribution in [3.05, 3.63) is 93.9 Å². The van der Waals surface area contributed by atoms with Gasteiger partial charge in [0, 0.05) is 11.9 Å². The molecule has 2 aromatic carbocycles. The molecule has 29 heavy (non-hydrogen) atoms. The number of pyridine rings is 2. The van der Waals surface area contributed by atoms with E-state index in [0.717, 1.165) is 11.1 Å². The lowest BCUT2D eigenvalue weighted by molar-refractivity contribution is 0.102. The fraction of sp³-hybridized carbons (Fsp3) is 0.0870. The minimum atomic E-state index is -0.675. The first-order chi connectivity index (χ1) is 14.0. The largest absolute Gasteiger partial charge is 0.506 e. The van der Waals surface area contributed by atoms with E-state index < -0.39 is 11.5 Å². The van der Waals surface area contributed by atoms with Gasteiger partial charge in [-0.25, -0.2) is 4.98 Å². The van der Waals surface area contributed by atoms with Gasteiger partial charge in [0.2, 0.25) is 0 Å². The number of para-hydroxylation sites is 1. The number of nitrogens with one attached hydrogen (secondary N) is 1. The number of amides is 1. The van der Waals surface area contributed by atoms with Crippen molar-refractivity contribution in [3.8, 4) is 11.4 Å². The molecule has 6 heteroatoms. The van der Waals surface area contributed by atoms with Crippen molar-refractivity contribution in [2.24, 2.45) is 0 Å². The molecule has 144 valence electrons. The molecule has 0 bridgehead atoms. The second-order valence-electron chi connectivity index (χ2n) is 6.83. The Morgan fingerprint density at radius 3 is 2.48 bits per heavy atom. The number of carbonyl (C=O) groups excluding carboxylic acids is 1. The summed E-state index contributed by atoms with van der Waals surface area (Å²) in [5.41, 5.74) is 2.53. The van der Waals surface area contributed by atoms with Gasteiger partial charge in [-0.05, 0) is 61.4 Å². The number of benzene rings is 2. The Morgan fingerprint density at radius 1 is 1.00 bits per heavy atom. The number of aryl methyl sites for hydroxylation is 2. The second kappa shape index (κ2) is 7.24. The van der Waals surface area contributed by atoms with Gasteiger partial charge in [-0.2, -0.15) is 0 Å². The number of carbonyl (C=O) groups is 1. The molecule has 0 aliphatic rings. The first-order valence-corrected chi connectivity index (χ1v) is 9.14. The number of nitrogens with zero attached hydrogens (tertiary/aromatic N) is 2. The van der Waals surface area contributed by atoms with Gasteiger partial charge < -0.3 is 10.4 Å². The van der Waals surface area contributed by atoms with Crippen LogP contribution in [0.15, 0.2) is 71.7 Å². The Morgan fingerprint density at radius 2 is 1.76 bits per heavy atom. The van der Waals surface area contributed by atoms with Crippen molar-refractivity contribution in [3.63, 3.8) is 0 Å². The summed E-state index contributed by atoms with van der Waals surface area (Å²) in [5.74, 6) is -1.06. The van der Waals surface area contributed by atoms with Crippen molar-refractivity contribution in [1.29, 1.82) is 0 Å². The summed E-state index contributed by atoms with van der Waals surface area (Å²) in [7, 11) is 0. The zero-order chi connectivity index (χ0) is 20.5. The van der Waals surface area contributed by atoms with Crippen LogP contribution < -0.4 is 10.9 Å². The number of rotatable bonds is 3. The molecule has 0 unspecified atom stereocenters. The van der Waals surface area contributed by atoms with Crippen molar-refractivity contribution in [1.82, 2.24) is 9.55 Å². The van der Waals surface area contributed by atoms with Crippen LogP contribution in [0.5, 0.6) is 5.75 Å². The highest BCUT2D eigenvalue weighted by molar-refractivity contribution is 6.09. The Kier molecular flexibility index (Phi) is 4.60. The first-order valence-electron chi connectivity index (χ1n) is 9.14. The average Bonchev–Trinajstić information content (AvgIpc) is 2.72. The molecule has 2 aromatic heterocycles. The number of hydrogen-bond acceptors (Lipinski definition) is 4. The molecule has 0 fully saturated rings. The number of aromatic nitrogens is 2. The lowest BCUT2D eigenvalue weighted by Gasteiger charge is -2.14. The number of hydrogen-bond donors (Lipinski definition) is 2. The molecule has 0 aliphatic heterocycles. The predicted octanol–water partition coefficient (Wildman–Crippen LogP) is 3.96. The summed E-state index contributed by atoms with van der Waals surface area (Å²) in [6.07, 6.45) is 1.54. The molecule has 0 spiro atoms. The molecular formula is C23H19N3O3. The van der Waals surface area contributed by atoms with Gasteiger partial charge in [0.15, 0.2) is 5.65 Å². The topological polar surface area (TPSA) is 84.2 Å². The Hall–Kier alpha value is -3.93. The van der Waals surface area contributed by atoms with E-state index in [1.54, 1.807) is 42.5 Å². The van der Waals surface area contributed by atoms with Crippen molar-refractivity contribution >= 4 is 22.6 Å². The third-order valence-electron chi connectivity index (χ3n) is 4.91. The van der Waals surface area contributed by atoms with Crippen LogP contribution in [-0.4, -0.2) is 20.6 Å². The molecule has 2 heterocycles. The van der Waals surface area contributed by atoms with Gasteiger partial charge in [-0.1, -0.05) is 24.3 Å². The molecule has 4 aromatic rings. The van der Waals surface area contributed by atoms with Gasteiger partial charge in [0.25, 0.3) is 11.5 Å². The number of aromatic hydroxyl groups is 1. The van der Waals surface area contributed by atoms with Gasteiger partial charge in [0.05, 0.1) is 11.1 Å². The number of fused-ring (bicyclic) bond motifs is 1. The van der Waals surface area contributed by atoms with Crippen LogP contribution in [0.1, 0.15) is 21.5 Å². The standard InChI is InChI=1S/C23H19N3O3/c1-14-10-11-16(13-15(14)2)25-22(28)19-20(27)18-9-6-12-24-21(18)26(23(19)29)17-7-4-3-5-8-17/h3-13,27H,1-2H3,(H,25,28). The minimum Gasteiger partial charge on any atom is -0.506 e. The minimum absolute atomic E-state index is 0.281. The van der Waals surface area contributed by atoms with Crippen molar-refractivity contribution in [2.45, 2.75) is 13.8 Å². The van der Waals surface area contributed by atoms with Crippen LogP contribution in [0.4, 0.5) is 5.69 Å². The first kappa shape index (κ1) is 18.4. The normalized spacial score (nSPS) is 10.8. The SMILES string of the molecule is Cc1ccc(NC(=O)c2c(O)c3cccnc3n(-c3ccccc3)c2=O)cc1C. The maximum atomic E-state index is 13.3. The summed E-state index contributed by atoms with van der Waals surface area (Å²) < 4.78 is 1.34. The summed E-state index contributed by atoms with van der Waals surface area (Å²) in [6, 6.07) is 17.6. The maximum absolute atomic E-state index is 13.3. The molecule has 0 saturated carbocycles. The van der Waals surface area contributed by atoms with Crippen LogP contribution in [0.2, 0.25) is 0 Å². The molecular weight excluding hydrogens is 366 g/mol.